The molecule has 0 radical (unpaired) electrons. The SMILES string of the molecule is CCOc1cc(/C=C2\SC(=S)N(c3ccc(COOC)cc3)C2=O)ccc1O. The number of carbonyl (C=O) groups excluding carboxylic acids is 1. The van der Waals surface area contributed by atoms with Crippen LogP contribution >= 0.6 is 24.0 Å². The van der Waals surface area contributed by atoms with E-state index in [1.54, 1.807) is 24.3 Å². The van der Waals surface area contributed by atoms with E-state index in [0.29, 0.717) is 33.9 Å². The normalized spacial score (nSPS) is 15.5. The molecule has 1 heterocycles. The lowest BCUT2D eigenvalue weighted by molar-refractivity contribution is -0.282. The van der Waals surface area contributed by atoms with Crippen LogP contribution in [0.1, 0.15) is 18.1 Å². The zero-order valence-electron chi connectivity index (χ0n) is 15.4. The Morgan fingerprint density at radius 1 is 1.21 bits per heavy atom. The van der Waals surface area contributed by atoms with Gasteiger partial charge in [0.1, 0.15) is 6.61 Å². The molecule has 0 bridgehead atoms. The van der Waals surface area contributed by atoms with Gasteiger partial charge in [-0.1, -0.05) is 42.2 Å². The number of phenolic OH excluding ortho intramolecular Hbond substituents is 1. The summed E-state index contributed by atoms with van der Waals surface area (Å²) in [6.45, 7) is 2.59. The Morgan fingerprint density at radius 3 is 2.64 bits per heavy atom. The first-order valence-corrected chi connectivity index (χ1v) is 9.74. The maximum Gasteiger partial charge on any atom is 0.270 e. The van der Waals surface area contributed by atoms with Crippen molar-refractivity contribution in [3.05, 3.63) is 58.5 Å². The fourth-order valence-electron chi connectivity index (χ4n) is 2.60. The molecule has 1 fully saturated rings. The first-order valence-electron chi connectivity index (χ1n) is 8.51. The number of hydrogen-bond acceptors (Lipinski definition) is 7. The van der Waals surface area contributed by atoms with E-state index >= 15 is 0 Å². The molecule has 0 aromatic heterocycles. The van der Waals surface area contributed by atoms with E-state index in [0.717, 1.165) is 11.1 Å². The van der Waals surface area contributed by atoms with Crippen molar-refractivity contribution in [2.75, 3.05) is 18.6 Å². The molecule has 1 aliphatic rings. The molecule has 0 atom stereocenters. The summed E-state index contributed by atoms with van der Waals surface area (Å²) in [5.74, 6) is 0.242. The quantitative estimate of drug-likeness (QED) is 0.312. The summed E-state index contributed by atoms with van der Waals surface area (Å²) < 4.78 is 5.85. The summed E-state index contributed by atoms with van der Waals surface area (Å²) in [6.07, 6.45) is 1.74. The van der Waals surface area contributed by atoms with Crippen molar-refractivity contribution < 1.29 is 24.4 Å². The highest BCUT2D eigenvalue weighted by Gasteiger charge is 2.33. The van der Waals surface area contributed by atoms with Gasteiger partial charge in [-0.15, -0.1) is 0 Å². The molecule has 0 aliphatic carbocycles. The van der Waals surface area contributed by atoms with Gasteiger partial charge in [-0.3, -0.25) is 9.69 Å². The van der Waals surface area contributed by atoms with Crippen LogP contribution in [0.15, 0.2) is 47.4 Å². The third-order valence-electron chi connectivity index (χ3n) is 3.91. The number of thiocarbonyl (C=S) groups is 1. The molecule has 0 spiro atoms. The van der Waals surface area contributed by atoms with Gasteiger partial charge in [-0.2, -0.15) is 0 Å². The number of anilines is 1. The average Bonchev–Trinajstić information content (AvgIpc) is 2.96. The molecule has 1 saturated heterocycles. The van der Waals surface area contributed by atoms with E-state index in [1.807, 2.05) is 31.2 Å². The topological polar surface area (TPSA) is 68.2 Å². The van der Waals surface area contributed by atoms with Crippen LogP contribution in [0.5, 0.6) is 11.5 Å². The zero-order valence-corrected chi connectivity index (χ0v) is 17.0. The van der Waals surface area contributed by atoms with Crippen molar-refractivity contribution in [3.63, 3.8) is 0 Å². The maximum atomic E-state index is 12.9. The Bertz CT molecular complexity index is 911. The van der Waals surface area contributed by atoms with E-state index < -0.39 is 0 Å². The van der Waals surface area contributed by atoms with Crippen LogP contribution in [0.2, 0.25) is 0 Å². The Labute approximate surface area is 172 Å². The van der Waals surface area contributed by atoms with Crippen LogP contribution in [-0.2, 0) is 21.2 Å². The second kappa shape index (κ2) is 9.20. The first kappa shape index (κ1) is 20.3. The fraction of sp³-hybridized carbons (Fsp3) is 0.200. The molecular formula is C20H19NO5S2. The molecule has 1 amide bonds. The van der Waals surface area contributed by atoms with Crippen molar-refractivity contribution in [1.29, 1.82) is 0 Å². The van der Waals surface area contributed by atoms with Gasteiger partial charge in [0, 0.05) is 0 Å². The highest BCUT2D eigenvalue weighted by atomic mass is 32.2. The van der Waals surface area contributed by atoms with E-state index in [4.69, 9.17) is 21.8 Å². The standard InChI is InChI=1S/C20H19NO5S2/c1-3-25-17-10-14(6-9-16(17)22)11-18-19(23)21(20(27)28-18)15-7-4-13(5-8-15)12-26-24-2/h4-11,22H,3,12H2,1-2H3/b18-11-. The highest BCUT2D eigenvalue weighted by Crippen LogP contribution is 2.37. The van der Waals surface area contributed by atoms with Crippen molar-refractivity contribution in [3.8, 4) is 11.5 Å². The fourth-order valence-corrected chi connectivity index (χ4v) is 3.90. The Kier molecular flexibility index (Phi) is 6.69. The second-order valence-corrected chi connectivity index (χ2v) is 7.45. The third-order valence-corrected chi connectivity index (χ3v) is 5.22. The minimum absolute atomic E-state index is 0.0593. The molecule has 2 aromatic carbocycles. The number of rotatable bonds is 7. The Balaban J connectivity index is 1.81. The van der Waals surface area contributed by atoms with Crippen LogP contribution < -0.4 is 9.64 Å². The maximum absolute atomic E-state index is 12.9. The molecule has 1 N–H and O–H groups in total. The average molecular weight is 418 g/mol. The summed E-state index contributed by atoms with van der Waals surface area (Å²) in [5, 5.41) is 9.82. The Morgan fingerprint density at radius 2 is 1.96 bits per heavy atom. The van der Waals surface area contributed by atoms with Crippen LogP contribution in [-0.4, -0.2) is 29.1 Å². The van der Waals surface area contributed by atoms with E-state index in [-0.39, 0.29) is 11.7 Å². The van der Waals surface area contributed by atoms with Gasteiger partial charge in [0.15, 0.2) is 15.8 Å². The van der Waals surface area contributed by atoms with Crippen LogP contribution in [0.4, 0.5) is 5.69 Å². The van der Waals surface area contributed by atoms with Gasteiger partial charge in [0.2, 0.25) is 0 Å². The van der Waals surface area contributed by atoms with Crippen molar-refractivity contribution in [2.45, 2.75) is 13.5 Å². The number of nitrogens with zero attached hydrogens (tertiary/aromatic N) is 1. The second-order valence-electron chi connectivity index (χ2n) is 5.77. The smallest absolute Gasteiger partial charge is 0.270 e. The lowest BCUT2D eigenvalue weighted by atomic mass is 10.1. The minimum Gasteiger partial charge on any atom is -0.504 e. The molecule has 0 unspecified atom stereocenters. The number of hydrogen-bond donors (Lipinski definition) is 1. The Hall–Kier alpha value is -2.39. The molecule has 6 nitrogen and oxygen atoms in total. The minimum atomic E-state index is -0.193. The van der Waals surface area contributed by atoms with Crippen LogP contribution in [0.3, 0.4) is 0 Å². The summed E-state index contributed by atoms with van der Waals surface area (Å²) in [4.78, 5) is 24.4. The number of ether oxygens (including phenoxy) is 1. The van der Waals surface area contributed by atoms with Crippen LogP contribution in [0.25, 0.3) is 6.08 Å². The molecule has 0 saturated carbocycles. The molecule has 3 rings (SSSR count). The molecule has 2 aromatic rings. The molecule has 1 aliphatic heterocycles. The van der Waals surface area contributed by atoms with E-state index in [9.17, 15) is 9.90 Å². The molecule has 146 valence electrons. The molecule has 28 heavy (non-hydrogen) atoms. The predicted molar refractivity (Wildman–Crippen MR) is 113 cm³/mol. The van der Waals surface area contributed by atoms with E-state index in [1.165, 1.54) is 23.8 Å². The summed E-state index contributed by atoms with van der Waals surface area (Å²) in [5.41, 5.74) is 2.35. The lowest BCUT2D eigenvalue weighted by Crippen LogP contribution is -2.27. The summed E-state index contributed by atoms with van der Waals surface area (Å²) in [7, 11) is 1.45. The van der Waals surface area contributed by atoms with Gasteiger partial charge in [0.05, 0.1) is 24.3 Å². The van der Waals surface area contributed by atoms with Gasteiger partial charge in [-0.25, -0.2) is 9.78 Å². The summed E-state index contributed by atoms with van der Waals surface area (Å²) >= 11 is 6.64. The number of benzene rings is 2. The van der Waals surface area contributed by atoms with Crippen LogP contribution in [0, 0.1) is 0 Å². The highest BCUT2D eigenvalue weighted by molar-refractivity contribution is 8.27. The predicted octanol–water partition coefficient (Wildman–Crippen LogP) is 4.27. The van der Waals surface area contributed by atoms with Crippen molar-refractivity contribution >= 4 is 46.0 Å². The number of phenols is 1. The lowest BCUT2D eigenvalue weighted by Gasteiger charge is -2.15. The van der Waals surface area contributed by atoms with Gasteiger partial charge in [0.25, 0.3) is 5.91 Å². The number of aromatic hydroxyl groups is 1. The molecule has 8 heteroatoms. The third kappa shape index (κ3) is 4.53. The van der Waals surface area contributed by atoms with E-state index in [2.05, 4.69) is 4.89 Å². The number of carbonyl (C=O) groups is 1. The largest absolute Gasteiger partial charge is 0.504 e. The first-order chi connectivity index (χ1) is 13.5. The number of thioether (sulfide) groups is 1. The number of amides is 1. The van der Waals surface area contributed by atoms with Gasteiger partial charge in [-0.05, 0) is 48.4 Å². The van der Waals surface area contributed by atoms with Gasteiger partial charge >= 0.3 is 0 Å². The van der Waals surface area contributed by atoms with Gasteiger partial charge < -0.3 is 9.84 Å². The monoisotopic (exact) mass is 417 g/mol. The van der Waals surface area contributed by atoms with Crippen molar-refractivity contribution in [1.82, 2.24) is 0 Å². The summed E-state index contributed by atoms with van der Waals surface area (Å²) in [6, 6.07) is 12.3. The zero-order chi connectivity index (χ0) is 20.1. The van der Waals surface area contributed by atoms with Crippen molar-refractivity contribution in [2.24, 2.45) is 0 Å². The molecular weight excluding hydrogens is 398 g/mol.